The Bertz CT molecular complexity index is 759. The van der Waals surface area contributed by atoms with Gasteiger partial charge in [-0.1, -0.05) is 72.8 Å². The first-order valence-corrected chi connectivity index (χ1v) is 11.1. The second-order valence-electron chi connectivity index (χ2n) is 6.51. The first-order valence-electron chi connectivity index (χ1n) is 8.80. The van der Waals surface area contributed by atoms with E-state index >= 15 is 0 Å². The van der Waals surface area contributed by atoms with Gasteiger partial charge in [-0.2, -0.15) is 0 Å². The maximum atomic E-state index is 2.30. The Morgan fingerprint density at radius 1 is 0.308 bits per heavy atom. The fourth-order valence-electron chi connectivity index (χ4n) is 4.12. The quantitative estimate of drug-likeness (QED) is 0.461. The van der Waals surface area contributed by atoms with Crippen LogP contribution >= 0.6 is 0 Å². The van der Waals surface area contributed by atoms with Crippen LogP contribution in [0.15, 0.2) is 121 Å². The van der Waals surface area contributed by atoms with Crippen LogP contribution in [0.25, 0.3) is 0 Å². The van der Waals surface area contributed by atoms with Crippen LogP contribution in [0.2, 0.25) is 0 Å². The van der Waals surface area contributed by atoms with Crippen molar-refractivity contribution >= 4 is 30.8 Å². The minimum absolute atomic E-state index is 0. The van der Waals surface area contributed by atoms with Crippen LogP contribution in [-0.4, -0.2) is 13.1 Å². The topological polar surface area (TPSA) is 0 Å². The monoisotopic (exact) mass is 342 g/mol. The molecular weight excluding hydrogens is 322 g/mol. The van der Waals surface area contributed by atoms with Gasteiger partial charge in [0.05, 0.1) is 0 Å². The summed E-state index contributed by atoms with van der Waals surface area (Å²) in [6.45, 7) is 0. The van der Waals surface area contributed by atoms with E-state index < -0.39 is 13.1 Å². The summed E-state index contributed by atoms with van der Waals surface area (Å²) < 4.78 is 5.77. The molecule has 4 aromatic carbocycles. The van der Waals surface area contributed by atoms with Gasteiger partial charge in [0, 0.05) is 0 Å². The van der Waals surface area contributed by atoms with Crippen LogP contribution in [-0.2, 0) is 0 Å². The van der Waals surface area contributed by atoms with Gasteiger partial charge in [-0.25, -0.2) is 17.7 Å². The number of rotatable bonds is 4. The van der Waals surface area contributed by atoms with Crippen molar-refractivity contribution in [2.75, 3.05) is 0 Å². The maximum absolute atomic E-state index is 2.69. The molecule has 120 valence electrons. The van der Waals surface area contributed by atoms with E-state index in [0.717, 1.165) is 0 Å². The van der Waals surface area contributed by atoms with Gasteiger partial charge in [0.15, 0.2) is 0 Å². The second kappa shape index (κ2) is 8.60. The fourth-order valence-corrected chi connectivity index (χ4v) is 9.63. The van der Waals surface area contributed by atoms with Crippen LogP contribution in [0.4, 0.5) is 0 Å². The normalized spacial score (nSPS) is 10.8. The Morgan fingerprint density at radius 2 is 0.500 bits per heavy atom. The molecule has 0 saturated carbocycles. The average Bonchev–Trinajstić information content (AvgIpc) is 2.72. The summed E-state index contributed by atoms with van der Waals surface area (Å²) >= 11 is -2.69. The Morgan fingerprint density at radius 3 is 0.692 bits per heavy atom. The van der Waals surface area contributed by atoms with E-state index in [1.54, 1.807) is 0 Å². The molecule has 0 N–H and O–H groups in total. The third-order valence-electron chi connectivity index (χ3n) is 5.20. The van der Waals surface area contributed by atoms with Gasteiger partial charge in [-0.05, 0) is 0 Å². The first-order chi connectivity index (χ1) is 12.4. The molecule has 2 heteroatoms. The van der Waals surface area contributed by atoms with Crippen molar-refractivity contribution in [1.29, 1.82) is 0 Å². The summed E-state index contributed by atoms with van der Waals surface area (Å²) in [6, 6.07) is 44.2. The van der Waals surface area contributed by atoms with Gasteiger partial charge in [-0.15, -0.1) is 48.5 Å². The molecule has 0 aromatic heterocycles. The van der Waals surface area contributed by atoms with Crippen LogP contribution in [0.5, 0.6) is 0 Å². The van der Waals surface area contributed by atoms with E-state index in [0.29, 0.717) is 0 Å². The molecule has 4 aromatic rings. The van der Waals surface area contributed by atoms with Crippen molar-refractivity contribution in [3.63, 3.8) is 0 Å². The van der Waals surface area contributed by atoms with Gasteiger partial charge in [-0.3, -0.25) is 0 Å². The summed E-state index contributed by atoms with van der Waals surface area (Å²) in [5.41, 5.74) is 0. The van der Waals surface area contributed by atoms with Crippen molar-refractivity contribution in [3.8, 4) is 0 Å². The predicted molar refractivity (Wildman–Crippen MR) is 110 cm³/mol. The molecule has 0 spiro atoms. The molecule has 0 aliphatic heterocycles. The predicted octanol–water partition coefficient (Wildman–Crippen LogP) is 0.0680. The third kappa shape index (κ3) is 3.33. The molecule has 0 bridgehead atoms. The van der Waals surface area contributed by atoms with E-state index in [-0.39, 0.29) is 18.9 Å². The Hall–Kier alpha value is -1.99. The van der Waals surface area contributed by atoms with Gasteiger partial charge < -0.3 is 0 Å². The third-order valence-corrected chi connectivity index (χ3v) is 10.7. The molecule has 0 atom stereocenters. The van der Waals surface area contributed by atoms with Gasteiger partial charge in [0.1, 0.15) is 0 Å². The van der Waals surface area contributed by atoms with Gasteiger partial charge in [0.2, 0.25) is 0 Å². The van der Waals surface area contributed by atoms with Crippen LogP contribution in [0.3, 0.4) is 0 Å². The van der Waals surface area contributed by atoms with Crippen molar-refractivity contribution < 1.29 is 18.9 Å². The number of hydrogen-bond acceptors (Lipinski definition) is 0. The standard InChI is InChI=1S/4C6H5.Al.Li/c4*1-2-4-6-5-3-1;;/h4*1-5H;;/q;;;;-1;+1. The Kier molecular flexibility index (Phi) is 6.21. The van der Waals surface area contributed by atoms with Gasteiger partial charge >= 0.3 is 18.9 Å². The molecule has 4 rings (SSSR count). The Labute approximate surface area is 170 Å². The minimum Gasteiger partial charge on any atom is -0.218 e. The summed E-state index contributed by atoms with van der Waals surface area (Å²) in [6.07, 6.45) is 0. The van der Waals surface area contributed by atoms with Crippen LogP contribution < -0.4 is 36.6 Å². The smallest absolute Gasteiger partial charge is 0.218 e. The van der Waals surface area contributed by atoms with E-state index in [2.05, 4.69) is 121 Å². The maximum Gasteiger partial charge on any atom is 1.00 e. The zero-order valence-electron chi connectivity index (χ0n) is 15.1. The fraction of sp³-hybridized carbons (Fsp3) is 0. The summed E-state index contributed by atoms with van der Waals surface area (Å²) in [4.78, 5) is 0. The summed E-state index contributed by atoms with van der Waals surface area (Å²) in [7, 11) is 0. The molecule has 0 radical (unpaired) electrons. The minimum atomic E-state index is -2.69. The molecular formula is C24H20AlLi. The van der Waals surface area contributed by atoms with Crippen molar-refractivity contribution in [1.82, 2.24) is 0 Å². The van der Waals surface area contributed by atoms with Crippen LogP contribution in [0, 0.1) is 0 Å². The molecule has 0 aliphatic carbocycles. The molecule has 0 nitrogen and oxygen atoms in total. The van der Waals surface area contributed by atoms with E-state index in [4.69, 9.17) is 0 Å². The average molecular weight is 342 g/mol. The molecule has 0 heterocycles. The van der Waals surface area contributed by atoms with E-state index in [1.807, 2.05) is 0 Å². The largest absolute Gasteiger partial charge is 1.00 e. The number of hydrogen-bond donors (Lipinski definition) is 0. The Balaban J connectivity index is 0.00000196. The zero-order valence-corrected chi connectivity index (χ0v) is 16.3. The SMILES string of the molecule is [Li+].c1cc[c]([Al-]([c]2ccccc2)([c]2ccccc2)[c]2ccccc2)cc1. The molecule has 0 amide bonds. The van der Waals surface area contributed by atoms with Crippen molar-refractivity contribution in [3.05, 3.63) is 121 Å². The molecule has 0 fully saturated rings. The molecule has 26 heavy (non-hydrogen) atoms. The zero-order chi connectivity index (χ0) is 17.0. The summed E-state index contributed by atoms with van der Waals surface area (Å²) in [5, 5.41) is 0. The number of benzene rings is 4. The first kappa shape index (κ1) is 18.8. The van der Waals surface area contributed by atoms with Gasteiger partial charge in [0.25, 0.3) is 13.1 Å². The van der Waals surface area contributed by atoms with E-state index in [1.165, 1.54) is 17.7 Å². The second-order valence-corrected chi connectivity index (χ2v) is 10.9. The van der Waals surface area contributed by atoms with Crippen LogP contribution in [0.1, 0.15) is 0 Å². The van der Waals surface area contributed by atoms with Crippen molar-refractivity contribution in [2.45, 2.75) is 0 Å². The molecule has 0 aliphatic rings. The van der Waals surface area contributed by atoms with E-state index in [9.17, 15) is 0 Å². The summed E-state index contributed by atoms with van der Waals surface area (Å²) in [5.74, 6) is 0. The molecule has 0 unspecified atom stereocenters. The molecule has 0 saturated heterocycles. The van der Waals surface area contributed by atoms with Crippen molar-refractivity contribution in [2.24, 2.45) is 0 Å².